The fraction of sp³-hybridized carbons (Fsp3) is 0.154. The summed E-state index contributed by atoms with van der Waals surface area (Å²) in [6, 6.07) is 7.31. The van der Waals surface area contributed by atoms with Crippen molar-refractivity contribution in [3.63, 3.8) is 0 Å². The molecule has 110 valence electrons. The van der Waals surface area contributed by atoms with Crippen LogP contribution in [0.15, 0.2) is 36.5 Å². The summed E-state index contributed by atoms with van der Waals surface area (Å²) in [5, 5.41) is 11.0. The molecular formula is C13H10F3N3O2. The van der Waals surface area contributed by atoms with Crippen molar-refractivity contribution in [1.29, 1.82) is 0 Å². The third kappa shape index (κ3) is 4.16. The van der Waals surface area contributed by atoms with Crippen LogP contribution >= 0.6 is 0 Å². The molecule has 0 aliphatic carbocycles. The van der Waals surface area contributed by atoms with Crippen molar-refractivity contribution >= 4 is 11.8 Å². The maximum Gasteiger partial charge on any atom is 0.405 e. The number of hydrogen-bond donors (Lipinski definition) is 2. The molecule has 0 fully saturated rings. The number of nitrogens with one attached hydrogen (secondary N) is 1. The number of anilines is 1. The molecule has 0 aromatic carbocycles. The zero-order valence-corrected chi connectivity index (χ0v) is 10.6. The van der Waals surface area contributed by atoms with Crippen molar-refractivity contribution in [2.75, 3.05) is 11.9 Å². The Bertz CT molecular complexity index is 659. The van der Waals surface area contributed by atoms with Gasteiger partial charge in [-0.1, -0.05) is 6.07 Å². The molecule has 0 spiro atoms. The van der Waals surface area contributed by atoms with Gasteiger partial charge in [0.05, 0.1) is 5.69 Å². The van der Waals surface area contributed by atoms with E-state index in [0.29, 0.717) is 11.3 Å². The van der Waals surface area contributed by atoms with Gasteiger partial charge in [-0.25, -0.2) is 14.8 Å². The Morgan fingerprint density at radius 1 is 1.29 bits per heavy atom. The van der Waals surface area contributed by atoms with E-state index in [-0.39, 0.29) is 11.5 Å². The largest absolute Gasteiger partial charge is 0.477 e. The van der Waals surface area contributed by atoms with Gasteiger partial charge in [0.1, 0.15) is 18.1 Å². The van der Waals surface area contributed by atoms with Gasteiger partial charge >= 0.3 is 12.1 Å². The number of hydrogen-bond acceptors (Lipinski definition) is 4. The van der Waals surface area contributed by atoms with Crippen LogP contribution < -0.4 is 5.32 Å². The van der Waals surface area contributed by atoms with Gasteiger partial charge in [0, 0.05) is 11.8 Å². The average Bonchev–Trinajstić information content (AvgIpc) is 2.45. The number of aromatic nitrogens is 2. The Hall–Kier alpha value is -2.64. The summed E-state index contributed by atoms with van der Waals surface area (Å²) in [4.78, 5) is 18.5. The predicted molar refractivity (Wildman–Crippen MR) is 69.0 cm³/mol. The summed E-state index contributed by atoms with van der Waals surface area (Å²) in [6.45, 7) is -1.20. The molecule has 0 radical (unpaired) electrons. The fourth-order valence-corrected chi connectivity index (χ4v) is 1.59. The molecule has 2 N–H and O–H groups in total. The lowest BCUT2D eigenvalue weighted by molar-refractivity contribution is -0.115. The number of carboxylic acid groups (broad SMARTS) is 1. The second-order valence-corrected chi connectivity index (χ2v) is 4.11. The highest BCUT2D eigenvalue weighted by molar-refractivity contribution is 5.86. The van der Waals surface area contributed by atoms with Crippen molar-refractivity contribution in [3.05, 3.63) is 42.2 Å². The van der Waals surface area contributed by atoms with Crippen LogP contribution in [0, 0.1) is 0 Å². The molecule has 2 rings (SSSR count). The molecule has 8 heteroatoms. The molecule has 0 saturated carbocycles. The molecule has 0 saturated heterocycles. The minimum absolute atomic E-state index is 0.0346. The Kier molecular flexibility index (Phi) is 4.06. The molecular weight excluding hydrogens is 287 g/mol. The Labute approximate surface area is 117 Å². The molecule has 0 aliphatic rings. The van der Waals surface area contributed by atoms with Gasteiger partial charge in [0.25, 0.3) is 0 Å². The number of rotatable bonds is 4. The van der Waals surface area contributed by atoms with E-state index >= 15 is 0 Å². The normalized spacial score (nSPS) is 11.2. The van der Waals surface area contributed by atoms with Gasteiger partial charge in [-0.15, -0.1) is 0 Å². The molecule has 0 atom stereocenters. The van der Waals surface area contributed by atoms with Crippen molar-refractivity contribution in [2.24, 2.45) is 0 Å². The van der Waals surface area contributed by atoms with Gasteiger partial charge in [0.15, 0.2) is 0 Å². The maximum absolute atomic E-state index is 12.1. The van der Waals surface area contributed by atoms with E-state index < -0.39 is 18.7 Å². The standard InChI is InChI=1S/C13H10F3N3O2/c14-13(15,16)7-18-11-6-8(4-5-17-11)9-2-1-3-10(19-9)12(20)21/h1-6H,7H2,(H,17,18)(H,20,21). The summed E-state index contributed by atoms with van der Waals surface area (Å²) in [5.41, 5.74) is 0.666. The summed E-state index contributed by atoms with van der Waals surface area (Å²) < 4.78 is 36.4. The predicted octanol–water partition coefficient (Wildman–Crippen LogP) is 2.82. The zero-order valence-electron chi connectivity index (χ0n) is 10.6. The van der Waals surface area contributed by atoms with E-state index in [0.717, 1.165) is 0 Å². The molecule has 21 heavy (non-hydrogen) atoms. The molecule has 0 aliphatic heterocycles. The van der Waals surface area contributed by atoms with E-state index in [4.69, 9.17) is 5.11 Å². The zero-order chi connectivity index (χ0) is 15.5. The van der Waals surface area contributed by atoms with E-state index in [1.54, 1.807) is 6.07 Å². The summed E-state index contributed by atoms with van der Waals surface area (Å²) in [7, 11) is 0. The highest BCUT2D eigenvalue weighted by atomic mass is 19.4. The second kappa shape index (κ2) is 5.78. The first-order valence-corrected chi connectivity index (χ1v) is 5.82. The van der Waals surface area contributed by atoms with Gasteiger partial charge in [0.2, 0.25) is 0 Å². The van der Waals surface area contributed by atoms with Crippen molar-refractivity contribution in [2.45, 2.75) is 6.18 Å². The molecule has 5 nitrogen and oxygen atoms in total. The summed E-state index contributed by atoms with van der Waals surface area (Å²) in [6.07, 6.45) is -3.03. The summed E-state index contributed by atoms with van der Waals surface area (Å²) >= 11 is 0. The van der Waals surface area contributed by atoms with Crippen molar-refractivity contribution in [1.82, 2.24) is 9.97 Å². The second-order valence-electron chi connectivity index (χ2n) is 4.11. The first-order valence-electron chi connectivity index (χ1n) is 5.82. The number of halogens is 3. The van der Waals surface area contributed by atoms with Crippen LogP contribution in [-0.2, 0) is 0 Å². The highest BCUT2D eigenvalue weighted by Gasteiger charge is 2.26. The maximum atomic E-state index is 12.1. The Morgan fingerprint density at radius 3 is 2.71 bits per heavy atom. The van der Waals surface area contributed by atoms with Crippen LogP contribution in [0.3, 0.4) is 0 Å². The van der Waals surface area contributed by atoms with Crippen LogP contribution in [-0.4, -0.2) is 33.8 Å². The first kappa shape index (κ1) is 14.8. The van der Waals surface area contributed by atoms with Gasteiger partial charge in [-0.3, -0.25) is 0 Å². The third-order valence-corrected chi connectivity index (χ3v) is 2.49. The average molecular weight is 297 g/mol. The molecule has 2 aromatic rings. The van der Waals surface area contributed by atoms with Crippen molar-refractivity contribution in [3.8, 4) is 11.3 Å². The molecule has 0 unspecified atom stereocenters. The Balaban J connectivity index is 2.25. The quantitative estimate of drug-likeness (QED) is 0.907. The minimum atomic E-state index is -4.35. The van der Waals surface area contributed by atoms with Gasteiger partial charge in [-0.2, -0.15) is 13.2 Å². The van der Waals surface area contributed by atoms with Crippen LogP contribution in [0.5, 0.6) is 0 Å². The van der Waals surface area contributed by atoms with Crippen LogP contribution in [0.1, 0.15) is 10.5 Å². The lowest BCUT2D eigenvalue weighted by Gasteiger charge is -2.09. The topological polar surface area (TPSA) is 75.1 Å². The van der Waals surface area contributed by atoms with Gasteiger partial charge in [-0.05, 0) is 24.3 Å². The number of carbonyl (C=O) groups is 1. The fourth-order valence-electron chi connectivity index (χ4n) is 1.59. The molecule has 0 amide bonds. The van der Waals surface area contributed by atoms with Crippen molar-refractivity contribution < 1.29 is 23.1 Å². The Morgan fingerprint density at radius 2 is 2.05 bits per heavy atom. The smallest absolute Gasteiger partial charge is 0.405 e. The van der Waals surface area contributed by atoms with E-state index in [1.807, 2.05) is 0 Å². The number of carboxylic acids is 1. The SMILES string of the molecule is O=C(O)c1cccc(-c2ccnc(NCC(F)(F)F)c2)n1. The monoisotopic (exact) mass is 297 g/mol. The highest BCUT2D eigenvalue weighted by Crippen LogP contribution is 2.21. The van der Waals surface area contributed by atoms with E-state index in [2.05, 4.69) is 15.3 Å². The minimum Gasteiger partial charge on any atom is -0.477 e. The molecule has 2 aromatic heterocycles. The van der Waals surface area contributed by atoms with E-state index in [1.165, 1.54) is 30.5 Å². The summed E-state index contributed by atoms with van der Waals surface area (Å²) in [5.74, 6) is -1.14. The molecule has 0 bridgehead atoms. The number of alkyl halides is 3. The lowest BCUT2D eigenvalue weighted by atomic mass is 10.1. The number of aromatic carboxylic acids is 1. The van der Waals surface area contributed by atoms with E-state index in [9.17, 15) is 18.0 Å². The van der Waals surface area contributed by atoms with Crippen LogP contribution in [0.25, 0.3) is 11.3 Å². The number of nitrogens with zero attached hydrogens (tertiary/aromatic N) is 2. The van der Waals surface area contributed by atoms with Gasteiger partial charge < -0.3 is 10.4 Å². The lowest BCUT2D eigenvalue weighted by Crippen LogP contribution is -2.21. The van der Waals surface area contributed by atoms with Crippen LogP contribution in [0.2, 0.25) is 0 Å². The first-order chi connectivity index (χ1) is 9.85. The van der Waals surface area contributed by atoms with Crippen LogP contribution in [0.4, 0.5) is 19.0 Å². The molecule has 2 heterocycles. The number of pyridine rings is 2. The third-order valence-electron chi connectivity index (χ3n) is 2.49.